The fourth-order valence-corrected chi connectivity index (χ4v) is 2.73. The molecular weight excluding hydrogens is 339 g/mol. The highest BCUT2D eigenvalue weighted by Gasteiger charge is 2.08. The van der Waals surface area contributed by atoms with E-state index in [1.54, 1.807) is 12.1 Å². The molecule has 0 aromatic heterocycles. The normalized spacial score (nSPS) is 10.3. The zero-order valence-electron chi connectivity index (χ0n) is 10.9. The molecule has 2 aromatic rings. The van der Waals surface area contributed by atoms with Crippen LogP contribution in [0.3, 0.4) is 0 Å². The predicted molar refractivity (Wildman–Crippen MR) is 88.5 cm³/mol. The molecule has 20 heavy (non-hydrogen) atoms. The molecule has 0 saturated carbocycles. The molecule has 0 aliphatic rings. The van der Waals surface area contributed by atoms with Crippen molar-refractivity contribution in [2.75, 3.05) is 11.9 Å². The van der Waals surface area contributed by atoms with Gasteiger partial charge in [0.2, 0.25) is 0 Å². The van der Waals surface area contributed by atoms with Gasteiger partial charge in [-0.05, 0) is 51.8 Å². The van der Waals surface area contributed by atoms with Crippen molar-refractivity contribution < 1.29 is 4.39 Å². The van der Waals surface area contributed by atoms with Gasteiger partial charge in [-0.25, -0.2) is 4.39 Å². The van der Waals surface area contributed by atoms with Gasteiger partial charge in [0.05, 0.1) is 5.69 Å². The van der Waals surface area contributed by atoms with Gasteiger partial charge >= 0.3 is 0 Å². The van der Waals surface area contributed by atoms with Crippen LogP contribution in [0.5, 0.6) is 0 Å². The van der Waals surface area contributed by atoms with E-state index in [0.717, 1.165) is 21.3 Å². The summed E-state index contributed by atoms with van der Waals surface area (Å²) >= 11 is 8.48. The van der Waals surface area contributed by atoms with Crippen LogP contribution in [0.1, 0.15) is 11.1 Å². The standard InChI is InChI=1S/C15H14BrFN2S/c1-19(9-10-2-5-12(17)6-3-10)14-7-4-11(15(18)20)8-13(14)16/h2-8H,9H2,1H3,(H2,18,20). The maximum absolute atomic E-state index is 12.9. The van der Waals surface area contributed by atoms with Crippen LogP contribution < -0.4 is 10.6 Å². The largest absolute Gasteiger partial charge is 0.389 e. The van der Waals surface area contributed by atoms with Gasteiger partial charge in [-0.1, -0.05) is 24.4 Å². The monoisotopic (exact) mass is 352 g/mol. The minimum atomic E-state index is -0.224. The first-order chi connectivity index (χ1) is 9.47. The second-order valence-electron chi connectivity index (χ2n) is 4.51. The molecule has 0 fully saturated rings. The number of halogens is 2. The van der Waals surface area contributed by atoms with Crippen molar-refractivity contribution in [1.29, 1.82) is 0 Å². The fraction of sp³-hybridized carbons (Fsp3) is 0.133. The van der Waals surface area contributed by atoms with Crippen LogP contribution in [-0.4, -0.2) is 12.0 Å². The van der Waals surface area contributed by atoms with Crippen LogP contribution in [0.4, 0.5) is 10.1 Å². The third kappa shape index (κ3) is 3.55. The zero-order chi connectivity index (χ0) is 14.7. The molecule has 0 heterocycles. The van der Waals surface area contributed by atoms with E-state index in [1.807, 2.05) is 25.2 Å². The van der Waals surface area contributed by atoms with Crippen LogP contribution in [0, 0.1) is 5.82 Å². The fourth-order valence-electron chi connectivity index (χ4n) is 1.92. The van der Waals surface area contributed by atoms with Crippen LogP contribution in [0.25, 0.3) is 0 Å². The number of rotatable bonds is 4. The third-order valence-corrected chi connectivity index (χ3v) is 3.85. The van der Waals surface area contributed by atoms with E-state index in [2.05, 4.69) is 20.8 Å². The molecule has 2 rings (SSSR count). The molecule has 0 atom stereocenters. The lowest BCUT2D eigenvalue weighted by atomic mass is 10.1. The van der Waals surface area contributed by atoms with Crippen LogP contribution in [-0.2, 0) is 6.54 Å². The lowest BCUT2D eigenvalue weighted by molar-refractivity contribution is 0.627. The predicted octanol–water partition coefficient (Wildman–Crippen LogP) is 3.86. The van der Waals surface area contributed by atoms with Crippen molar-refractivity contribution in [2.24, 2.45) is 5.73 Å². The Labute approximate surface area is 131 Å². The summed E-state index contributed by atoms with van der Waals surface area (Å²) in [5, 5.41) is 0. The van der Waals surface area contributed by atoms with E-state index in [-0.39, 0.29) is 5.82 Å². The van der Waals surface area contributed by atoms with Gasteiger partial charge < -0.3 is 10.6 Å². The van der Waals surface area contributed by atoms with E-state index < -0.39 is 0 Å². The first kappa shape index (κ1) is 14.9. The lowest BCUT2D eigenvalue weighted by Crippen LogP contribution is -2.17. The topological polar surface area (TPSA) is 29.3 Å². The summed E-state index contributed by atoms with van der Waals surface area (Å²) in [4.78, 5) is 2.44. The third-order valence-electron chi connectivity index (χ3n) is 2.98. The maximum Gasteiger partial charge on any atom is 0.123 e. The summed E-state index contributed by atoms with van der Waals surface area (Å²) in [6.07, 6.45) is 0. The Bertz CT molecular complexity index is 628. The number of hydrogen-bond acceptors (Lipinski definition) is 2. The number of nitrogens with zero attached hydrogens (tertiary/aromatic N) is 1. The van der Waals surface area contributed by atoms with Crippen molar-refractivity contribution in [3.63, 3.8) is 0 Å². The second-order valence-corrected chi connectivity index (χ2v) is 5.81. The number of nitrogens with two attached hydrogens (primary N) is 1. The molecule has 104 valence electrons. The number of thiocarbonyl (C=S) groups is 1. The van der Waals surface area contributed by atoms with Crippen LogP contribution in [0.2, 0.25) is 0 Å². The highest BCUT2D eigenvalue weighted by molar-refractivity contribution is 9.10. The highest BCUT2D eigenvalue weighted by Crippen LogP contribution is 2.27. The number of hydrogen-bond donors (Lipinski definition) is 1. The second kappa shape index (κ2) is 6.33. The Hall–Kier alpha value is -1.46. The molecule has 2 aromatic carbocycles. The van der Waals surface area contributed by atoms with Crippen molar-refractivity contribution in [1.82, 2.24) is 0 Å². The average Bonchev–Trinajstić information content (AvgIpc) is 2.41. The van der Waals surface area contributed by atoms with Gasteiger partial charge in [0.25, 0.3) is 0 Å². The maximum atomic E-state index is 12.9. The van der Waals surface area contributed by atoms with Gasteiger partial charge in [-0.3, -0.25) is 0 Å². The van der Waals surface area contributed by atoms with Gasteiger partial charge in [0.15, 0.2) is 0 Å². The van der Waals surface area contributed by atoms with Crippen molar-refractivity contribution in [3.05, 3.63) is 63.9 Å². The van der Waals surface area contributed by atoms with Crippen molar-refractivity contribution >= 4 is 38.8 Å². The Morgan fingerprint density at radius 2 is 1.90 bits per heavy atom. The molecule has 0 spiro atoms. The number of anilines is 1. The first-order valence-electron chi connectivity index (χ1n) is 6.02. The molecule has 0 saturated heterocycles. The van der Waals surface area contributed by atoms with Crippen molar-refractivity contribution in [3.8, 4) is 0 Å². The molecule has 0 amide bonds. The van der Waals surface area contributed by atoms with Gasteiger partial charge in [-0.2, -0.15) is 0 Å². The molecule has 0 unspecified atom stereocenters. The SMILES string of the molecule is CN(Cc1ccc(F)cc1)c1ccc(C(N)=S)cc1Br. The van der Waals surface area contributed by atoms with Gasteiger partial charge in [0, 0.05) is 23.6 Å². The lowest BCUT2D eigenvalue weighted by Gasteiger charge is -2.21. The Morgan fingerprint density at radius 1 is 1.25 bits per heavy atom. The molecular formula is C15H14BrFN2S. The van der Waals surface area contributed by atoms with E-state index in [1.165, 1.54) is 12.1 Å². The number of benzene rings is 2. The quantitative estimate of drug-likeness (QED) is 0.847. The Morgan fingerprint density at radius 3 is 2.45 bits per heavy atom. The van der Waals surface area contributed by atoms with E-state index >= 15 is 0 Å². The summed E-state index contributed by atoms with van der Waals surface area (Å²) in [6, 6.07) is 12.2. The minimum absolute atomic E-state index is 0.224. The molecule has 0 aliphatic heterocycles. The molecule has 0 bridgehead atoms. The summed E-state index contributed by atoms with van der Waals surface area (Å²) < 4.78 is 13.8. The van der Waals surface area contributed by atoms with Gasteiger partial charge in [0.1, 0.15) is 10.8 Å². The summed E-state index contributed by atoms with van der Waals surface area (Å²) in [5.74, 6) is -0.224. The van der Waals surface area contributed by atoms with E-state index in [9.17, 15) is 4.39 Å². The average molecular weight is 353 g/mol. The van der Waals surface area contributed by atoms with Crippen LogP contribution in [0.15, 0.2) is 46.9 Å². The molecule has 2 N–H and O–H groups in total. The molecule has 0 radical (unpaired) electrons. The van der Waals surface area contributed by atoms with Crippen molar-refractivity contribution in [2.45, 2.75) is 6.54 Å². The van der Waals surface area contributed by atoms with E-state index in [0.29, 0.717) is 11.5 Å². The Balaban J connectivity index is 2.18. The highest BCUT2D eigenvalue weighted by atomic mass is 79.9. The zero-order valence-corrected chi connectivity index (χ0v) is 13.3. The minimum Gasteiger partial charge on any atom is -0.389 e. The molecule has 5 heteroatoms. The van der Waals surface area contributed by atoms with Crippen LogP contribution >= 0.6 is 28.1 Å². The smallest absolute Gasteiger partial charge is 0.123 e. The molecule has 0 aliphatic carbocycles. The summed E-state index contributed by atoms with van der Waals surface area (Å²) in [5.41, 5.74) is 8.50. The van der Waals surface area contributed by atoms with E-state index in [4.69, 9.17) is 18.0 Å². The molecule has 2 nitrogen and oxygen atoms in total. The first-order valence-corrected chi connectivity index (χ1v) is 7.22. The Kier molecular flexibility index (Phi) is 4.73. The van der Waals surface area contributed by atoms with Gasteiger partial charge in [-0.15, -0.1) is 0 Å². The summed E-state index contributed by atoms with van der Waals surface area (Å²) in [6.45, 7) is 0.686. The summed E-state index contributed by atoms with van der Waals surface area (Å²) in [7, 11) is 1.98.